The summed E-state index contributed by atoms with van der Waals surface area (Å²) in [6.07, 6.45) is -9.95. The molecule has 0 saturated carbocycles. The van der Waals surface area contributed by atoms with Crippen LogP contribution in [-0.4, -0.2) is 28.4 Å². The third kappa shape index (κ3) is 4.16. The van der Waals surface area contributed by atoms with Crippen molar-refractivity contribution in [2.45, 2.75) is 32.1 Å². The topological polar surface area (TPSA) is 50.2 Å². The Balaban J connectivity index is 2.36. The summed E-state index contributed by atoms with van der Waals surface area (Å²) in [5.41, 5.74) is -2.67. The summed E-state index contributed by atoms with van der Waals surface area (Å²) in [5.74, 6) is -2.44. The fourth-order valence-electron chi connectivity index (χ4n) is 2.42. The van der Waals surface area contributed by atoms with Gasteiger partial charge in [0.15, 0.2) is 0 Å². The fourth-order valence-corrected chi connectivity index (χ4v) is 3.20. The number of carboxylic acid groups (broad SMARTS) is 1. The van der Waals surface area contributed by atoms with Gasteiger partial charge in [-0.1, -0.05) is 6.08 Å². The molecule has 0 radical (unpaired) electrons. The van der Waals surface area contributed by atoms with Crippen molar-refractivity contribution in [3.63, 3.8) is 0 Å². The minimum atomic E-state index is -4.91. The standard InChI is InChI=1S/C14H11F6NO2S/c1-6-21-10(11(24-6)12(22)23)4-7-2-8(13(15,16)17)5-9(3-7)14(18,19)20/h2,5,7H,3-4H2,1H3,(H,22,23). The number of hydrogen-bond acceptors (Lipinski definition) is 3. The number of aromatic nitrogens is 1. The van der Waals surface area contributed by atoms with Crippen LogP contribution in [0.4, 0.5) is 26.3 Å². The molecule has 1 aliphatic carbocycles. The number of aromatic carboxylic acids is 1. The van der Waals surface area contributed by atoms with E-state index in [1.165, 1.54) is 6.92 Å². The highest BCUT2D eigenvalue weighted by molar-refractivity contribution is 7.13. The minimum Gasteiger partial charge on any atom is -0.477 e. The van der Waals surface area contributed by atoms with Gasteiger partial charge in [-0.25, -0.2) is 9.78 Å². The van der Waals surface area contributed by atoms with E-state index >= 15 is 0 Å². The molecule has 0 saturated heterocycles. The van der Waals surface area contributed by atoms with E-state index in [4.69, 9.17) is 5.11 Å². The molecule has 3 nitrogen and oxygen atoms in total. The van der Waals surface area contributed by atoms with Gasteiger partial charge in [0.05, 0.1) is 16.3 Å². The maximum atomic E-state index is 12.9. The van der Waals surface area contributed by atoms with Gasteiger partial charge in [0.1, 0.15) is 4.88 Å². The average Bonchev–Trinajstić information content (AvgIpc) is 2.77. The molecule has 0 amide bonds. The lowest BCUT2D eigenvalue weighted by Gasteiger charge is -2.24. The first kappa shape index (κ1) is 18.5. The number of allylic oxidation sites excluding steroid dienone is 4. The van der Waals surface area contributed by atoms with Crippen LogP contribution < -0.4 is 0 Å². The highest BCUT2D eigenvalue weighted by Gasteiger charge is 2.42. The van der Waals surface area contributed by atoms with Gasteiger partial charge in [0, 0.05) is 5.57 Å². The number of halogens is 6. The molecule has 1 unspecified atom stereocenters. The molecule has 10 heteroatoms. The van der Waals surface area contributed by atoms with Crippen LogP contribution in [0.2, 0.25) is 0 Å². The minimum absolute atomic E-state index is 0.00352. The maximum Gasteiger partial charge on any atom is 0.416 e. The van der Waals surface area contributed by atoms with E-state index in [-0.39, 0.29) is 23.1 Å². The first-order valence-corrected chi connectivity index (χ1v) is 7.46. The maximum absolute atomic E-state index is 12.9. The van der Waals surface area contributed by atoms with Gasteiger partial charge in [-0.15, -0.1) is 11.3 Å². The first-order chi connectivity index (χ1) is 10.9. The van der Waals surface area contributed by atoms with E-state index in [1.54, 1.807) is 0 Å². The van der Waals surface area contributed by atoms with Gasteiger partial charge < -0.3 is 5.11 Å². The molecule has 0 aromatic carbocycles. The molecule has 0 bridgehead atoms. The number of alkyl halides is 6. The van der Waals surface area contributed by atoms with E-state index in [0.29, 0.717) is 11.1 Å². The lowest BCUT2D eigenvalue weighted by Crippen LogP contribution is -2.23. The van der Waals surface area contributed by atoms with Gasteiger partial charge in [-0.05, 0) is 31.8 Å². The number of hydrogen-bond donors (Lipinski definition) is 1. The second-order valence-electron chi connectivity index (χ2n) is 5.27. The van der Waals surface area contributed by atoms with Crippen molar-refractivity contribution >= 4 is 17.3 Å². The number of carboxylic acids is 1. The predicted octanol–water partition coefficient (Wildman–Crippen LogP) is 4.69. The van der Waals surface area contributed by atoms with Gasteiger partial charge in [0.2, 0.25) is 0 Å². The molecule has 0 aliphatic heterocycles. The fraction of sp³-hybridized carbons (Fsp3) is 0.429. The monoisotopic (exact) mass is 371 g/mol. The summed E-state index contributed by atoms with van der Waals surface area (Å²) in [6, 6.07) is 0. The molecule has 0 fully saturated rings. The van der Waals surface area contributed by atoms with Gasteiger partial charge in [-0.2, -0.15) is 26.3 Å². The molecule has 0 spiro atoms. The smallest absolute Gasteiger partial charge is 0.416 e. The Hall–Kier alpha value is -1.84. The molecule has 1 aromatic rings. The lowest BCUT2D eigenvalue weighted by atomic mass is 9.86. The van der Waals surface area contributed by atoms with E-state index in [2.05, 4.69) is 4.98 Å². The molecule has 1 heterocycles. The zero-order valence-electron chi connectivity index (χ0n) is 12.1. The Bertz CT molecular complexity index is 714. The summed E-state index contributed by atoms with van der Waals surface area (Å²) in [5, 5.41) is 9.43. The zero-order chi connectivity index (χ0) is 18.3. The molecule has 1 N–H and O–H groups in total. The Labute approximate surface area is 136 Å². The third-order valence-electron chi connectivity index (χ3n) is 3.37. The summed E-state index contributed by atoms with van der Waals surface area (Å²) < 4.78 is 77.1. The van der Waals surface area contributed by atoms with E-state index in [9.17, 15) is 31.1 Å². The molecule has 1 aliphatic rings. The van der Waals surface area contributed by atoms with Crippen molar-refractivity contribution in [2.75, 3.05) is 0 Å². The van der Waals surface area contributed by atoms with E-state index in [0.717, 1.165) is 11.3 Å². The van der Waals surface area contributed by atoms with Crippen molar-refractivity contribution in [3.05, 3.63) is 38.9 Å². The zero-order valence-corrected chi connectivity index (χ0v) is 12.9. The van der Waals surface area contributed by atoms with Crippen LogP contribution in [0.3, 0.4) is 0 Å². The van der Waals surface area contributed by atoms with Crippen LogP contribution in [-0.2, 0) is 6.42 Å². The van der Waals surface area contributed by atoms with Gasteiger partial charge in [0.25, 0.3) is 0 Å². The molecule has 24 heavy (non-hydrogen) atoms. The molecule has 2 rings (SSSR count). The molecular formula is C14H11F6NO2S. The summed E-state index contributed by atoms with van der Waals surface area (Å²) >= 11 is 0.833. The first-order valence-electron chi connectivity index (χ1n) is 6.64. The molecule has 132 valence electrons. The van der Waals surface area contributed by atoms with Gasteiger partial charge >= 0.3 is 18.3 Å². The molecule has 1 atom stereocenters. The van der Waals surface area contributed by atoms with E-state index in [1.807, 2.05) is 0 Å². The Kier molecular flexibility index (Phi) is 4.80. The van der Waals surface area contributed by atoms with Crippen LogP contribution in [0.25, 0.3) is 0 Å². The number of thiazole rings is 1. The lowest BCUT2D eigenvalue weighted by molar-refractivity contribution is -0.1000. The van der Waals surface area contributed by atoms with Crippen molar-refractivity contribution in [1.29, 1.82) is 0 Å². The highest BCUT2D eigenvalue weighted by Crippen LogP contribution is 2.41. The van der Waals surface area contributed by atoms with Crippen LogP contribution in [0, 0.1) is 12.8 Å². The van der Waals surface area contributed by atoms with E-state index < -0.39 is 41.8 Å². The Morgan fingerprint density at radius 3 is 2.42 bits per heavy atom. The quantitative estimate of drug-likeness (QED) is 0.785. The summed E-state index contributed by atoms with van der Waals surface area (Å²) in [4.78, 5) is 14.9. The van der Waals surface area contributed by atoms with Crippen molar-refractivity contribution in [3.8, 4) is 0 Å². The van der Waals surface area contributed by atoms with Crippen LogP contribution >= 0.6 is 11.3 Å². The van der Waals surface area contributed by atoms with Gasteiger partial charge in [-0.3, -0.25) is 0 Å². The second-order valence-corrected chi connectivity index (χ2v) is 6.47. The number of aryl methyl sites for hydroxylation is 1. The largest absolute Gasteiger partial charge is 0.477 e. The second kappa shape index (κ2) is 6.23. The van der Waals surface area contributed by atoms with Crippen LogP contribution in [0.15, 0.2) is 23.3 Å². The van der Waals surface area contributed by atoms with Crippen molar-refractivity contribution < 1.29 is 36.2 Å². The Morgan fingerprint density at radius 1 is 1.29 bits per heavy atom. The summed E-state index contributed by atoms with van der Waals surface area (Å²) in [6.45, 7) is 1.51. The summed E-state index contributed by atoms with van der Waals surface area (Å²) in [7, 11) is 0. The molecule has 1 aromatic heterocycles. The van der Waals surface area contributed by atoms with Crippen molar-refractivity contribution in [1.82, 2.24) is 4.98 Å². The highest BCUT2D eigenvalue weighted by atomic mass is 32.1. The van der Waals surface area contributed by atoms with Crippen molar-refractivity contribution in [2.24, 2.45) is 5.92 Å². The predicted molar refractivity (Wildman–Crippen MR) is 73.9 cm³/mol. The number of rotatable bonds is 3. The average molecular weight is 371 g/mol. The normalized spacial score (nSPS) is 19.0. The van der Waals surface area contributed by atoms with Crippen LogP contribution in [0.5, 0.6) is 0 Å². The molecular weight excluding hydrogens is 360 g/mol. The SMILES string of the molecule is Cc1nc(CC2C=C(C(F)(F)F)C=C(C(F)(F)F)C2)c(C(=O)O)s1. The number of nitrogens with zero attached hydrogens (tertiary/aromatic N) is 1. The number of carbonyl (C=O) groups is 1. The van der Waals surface area contributed by atoms with Crippen LogP contribution in [0.1, 0.15) is 26.8 Å². The third-order valence-corrected chi connectivity index (χ3v) is 4.37. The Morgan fingerprint density at radius 2 is 1.92 bits per heavy atom.